The largest absolute Gasteiger partial charge is 0.497 e. The number of piperidine rings is 1. The Labute approximate surface area is 305 Å². The van der Waals surface area contributed by atoms with Crippen LogP contribution in [0.5, 0.6) is 11.5 Å². The number of fused-ring (bicyclic) bond motifs is 1. The number of halogens is 1. The lowest BCUT2D eigenvalue weighted by molar-refractivity contribution is 0.0204. The van der Waals surface area contributed by atoms with E-state index in [1.807, 2.05) is 45.0 Å². The fraction of sp³-hybridized carbons (Fsp3) is 0.378. The molecule has 12 nitrogen and oxygen atoms in total. The molecule has 1 saturated heterocycles. The Morgan fingerprint density at radius 1 is 1.10 bits per heavy atom. The molecule has 1 unspecified atom stereocenters. The molecule has 0 radical (unpaired) electrons. The van der Waals surface area contributed by atoms with Crippen LogP contribution in [0.4, 0.5) is 14.3 Å². The van der Waals surface area contributed by atoms with Crippen molar-refractivity contribution in [3.8, 4) is 11.5 Å². The number of benzene rings is 3. The predicted octanol–water partition coefficient (Wildman–Crippen LogP) is 7.33. The third kappa shape index (κ3) is 7.37. The Morgan fingerprint density at radius 2 is 1.83 bits per heavy atom. The first-order valence-corrected chi connectivity index (χ1v) is 19.1. The van der Waals surface area contributed by atoms with E-state index in [-0.39, 0.29) is 34.8 Å². The van der Waals surface area contributed by atoms with Crippen LogP contribution in [0.2, 0.25) is 0 Å². The van der Waals surface area contributed by atoms with Crippen LogP contribution in [0.25, 0.3) is 11.1 Å². The Balaban J connectivity index is 1.32. The average Bonchev–Trinajstić information content (AvgIpc) is 3.77. The maximum Gasteiger partial charge on any atom is 0.420 e. The van der Waals surface area contributed by atoms with E-state index < -0.39 is 38.1 Å². The molecule has 2 aromatic heterocycles. The molecule has 6 rings (SSSR count). The highest BCUT2D eigenvalue weighted by Gasteiger charge is 2.33. The molecule has 0 N–H and O–H groups in total. The summed E-state index contributed by atoms with van der Waals surface area (Å²) < 4.78 is 68.9. The minimum atomic E-state index is -4.45. The molecule has 1 amide bonds. The van der Waals surface area contributed by atoms with Gasteiger partial charge in [0, 0.05) is 42.4 Å². The number of carbonyl (C=O) groups excluding carboxylic acids is 1. The number of anilines is 1. The van der Waals surface area contributed by atoms with Gasteiger partial charge in [0.1, 0.15) is 22.6 Å². The van der Waals surface area contributed by atoms with E-state index in [9.17, 15) is 18.0 Å². The first-order chi connectivity index (χ1) is 24.7. The molecule has 52 heavy (non-hydrogen) atoms. The number of nitrogens with zero attached hydrogens (tertiary/aromatic N) is 4. The summed E-state index contributed by atoms with van der Waals surface area (Å²) in [6, 6.07) is 14.0. The maximum atomic E-state index is 16.3. The highest BCUT2D eigenvalue weighted by Crippen LogP contribution is 2.37. The van der Waals surface area contributed by atoms with Crippen LogP contribution in [0.1, 0.15) is 69.2 Å². The van der Waals surface area contributed by atoms with Crippen LogP contribution >= 0.6 is 11.3 Å². The Kier molecular flexibility index (Phi) is 10.4. The number of hydrogen-bond acceptors (Lipinski definition) is 10. The number of methoxy groups -OCH3 is 2. The SMILES string of the molecule is COc1ccc(CN(c2nccs2)S(=O)(=O)c2cc(F)c3c(c2)oc(=O)n3C(C)c2ccccc2C2CCN(C(=O)OC(C)(C)C)CC2)c(OC)c1. The number of thiazole rings is 1. The van der Waals surface area contributed by atoms with Gasteiger partial charge in [-0.3, -0.25) is 4.57 Å². The van der Waals surface area contributed by atoms with Crippen molar-refractivity contribution in [3.05, 3.63) is 99.2 Å². The highest BCUT2D eigenvalue weighted by atomic mass is 32.2. The summed E-state index contributed by atoms with van der Waals surface area (Å²) in [4.78, 5) is 31.6. The summed E-state index contributed by atoms with van der Waals surface area (Å²) in [5.41, 5.74) is 1.34. The number of sulfonamides is 1. The van der Waals surface area contributed by atoms with E-state index in [1.165, 1.54) is 31.0 Å². The molecule has 1 atom stereocenters. The van der Waals surface area contributed by atoms with E-state index in [0.29, 0.717) is 43.0 Å². The highest BCUT2D eigenvalue weighted by molar-refractivity contribution is 7.93. The van der Waals surface area contributed by atoms with Crippen molar-refractivity contribution in [2.45, 2.75) is 69.5 Å². The Bertz CT molecular complexity index is 2240. The van der Waals surface area contributed by atoms with Crippen molar-refractivity contribution < 1.29 is 36.2 Å². The van der Waals surface area contributed by atoms with Gasteiger partial charge in [0.2, 0.25) is 0 Å². The van der Waals surface area contributed by atoms with Crippen molar-refractivity contribution >= 4 is 43.7 Å². The van der Waals surface area contributed by atoms with Gasteiger partial charge in [0.05, 0.1) is 31.7 Å². The smallest absolute Gasteiger partial charge is 0.420 e. The van der Waals surface area contributed by atoms with E-state index >= 15 is 4.39 Å². The van der Waals surface area contributed by atoms with Gasteiger partial charge < -0.3 is 23.5 Å². The zero-order valence-corrected chi connectivity index (χ0v) is 31.4. The maximum absolute atomic E-state index is 16.3. The van der Waals surface area contributed by atoms with Gasteiger partial charge in [0.25, 0.3) is 10.0 Å². The number of amides is 1. The molecule has 1 aliphatic rings. The number of ether oxygens (including phenoxy) is 3. The average molecular weight is 753 g/mol. The van der Waals surface area contributed by atoms with Gasteiger partial charge >= 0.3 is 11.8 Å². The summed E-state index contributed by atoms with van der Waals surface area (Å²) in [7, 11) is -1.48. The summed E-state index contributed by atoms with van der Waals surface area (Å²) in [5.74, 6) is -0.766. The number of oxazole rings is 1. The Morgan fingerprint density at radius 3 is 2.48 bits per heavy atom. The van der Waals surface area contributed by atoms with Crippen molar-refractivity contribution in [2.75, 3.05) is 31.6 Å². The molecule has 1 aliphatic heterocycles. The second-order valence-electron chi connectivity index (χ2n) is 13.5. The molecule has 3 aromatic carbocycles. The lowest BCUT2D eigenvalue weighted by Crippen LogP contribution is -2.41. The fourth-order valence-corrected chi connectivity index (χ4v) is 8.85. The van der Waals surface area contributed by atoms with E-state index in [0.717, 1.165) is 32.8 Å². The quantitative estimate of drug-likeness (QED) is 0.144. The number of carbonyl (C=O) groups is 1. The third-order valence-corrected chi connectivity index (χ3v) is 11.7. The number of likely N-dealkylation sites (tertiary alicyclic amines) is 1. The normalized spacial score (nSPS) is 14.7. The second kappa shape index (κ2) is 14.6. The van der Waals surface area contributed by atoms with Gasteiger partial charge in [-0.1, -0.05) is 24.3 Å². The molecule has 3 heterocycles. The fourth-order valence-electron chi connectivity index (χ4n) is 6.56. The van der Waals surface area contributed by atoms with Crippen LogP contribution in [-0.2, 0) is 21.3 Å². The summed E-state index contributed by atoms with van der Waals surface area (Å²) in [6.45, 7) is 8.10. The first-order valence-electron chi connectivity index (χ1n) is 16.8. The van der Waals surface area contributed by atoms with Gasteiger partial charge in [0.15, 0.2) is 16.5 Å². The lowest BCUT2D eigenvalue weighted by Gasteiger charge is -2.34. The van der Waals surface area contributed by atoms with Crippen LogP contribution in [0.15, 0.2) is 80.3 Å². The van der Waals surface area contributed by atoms with Crippen molar-refractivity contribution in [2.24, 2.45) is 0 Å². The molecule has 1 fully saturated rings. The number of aromatic nitrogens is 2. The van der Waals surface area contributed by atoms with Crippen molar-refractivity contribution in [1.82, 2.24) is 14.5 Å². The van der Waals surface area contributed by atoms with Crippen LogP contribution < -0.4 is 19.5 Å². The van der Waals surface area contributed by atoms with Crippen LogP contribution in [-0.4, -0.2) is 61.9 Å². The molecule has 276 valence electrons. The zero-order chi connectivity index (χ0) is 37.4. The molecular weight excluding hydrogens is 712 g/mol. The minimum absolute atomic E-state index is 0.0777. The van der Waals surface area contributed by atoms with Crippen LogP contribution in [0.3, 0.4) is 0 Å². The Hall–Kier alpha value is -4.89. The van der Waals surface area contributed by atoms with Gasteiger partial charge in [-0.2, -0.15) is 0 Å². The third-order valence-electron chi connectivity index (χ3n) is 9.09. The van der Waals surface area contributed by atoms with E-state index in [1.54, 1.807) is 35.4 Å². The number of hydrogen-bond donors (Lipinski definition) is 0. The van der Waals surface area contributed by atoms with Gasteiger partial charge in [-0.05, 0) is 75.8 Å². The van der Waals surface area contributed by atoms with Gasteiger partial charge in [-0.15, -0.1) is 11.3 Å². The second-order valence-corrected chi connectivity index (χ2v) is 16.3. The van der Waals surface area contributed by atoms with Crippen LogP contribution in [0, 0.1) is 5.82 Å². The summed E-state index contributed by atoms with van der Waals surface area (Å²) in [6.07, 6.45) is 2.48. The minimum Gasteiger partial charge on any atom is -0.497 e. The molecule has 0 bridgehead atoms. The molecule has 0 aliphatic carbocycles. The van der Waals surface area contributed by atoms with E-state index in [4.69, 9.17) is 18.6 Å². The molecular formula is C37H41FN4O8S2. The first kappa shape index (κ1) is 36.9. The van der Waals surface area contributed by atoms with E-state index in [2.05, 4.69) is 4.98 Å². The molecule has 0 spiro atoms. The molecule has 5 aromatic rings. The summed E-state index contributed by atoms with van der Waals surface area (Å²) in [5, 5.41) is 1.79. The standard InChI is InChI=1S/C37H41FN4O8S2/c1-23(28-9-7-8-10-29(28)24-13-16-40(17-14-24)35(43)50-37(2,3)4)42-33-30(38)20-27(21-32(33)49-36(42)44)52(45,46)41(34-39-15-18-51-34)22-25-11-12-26(47-5)19-31(25)48-6/h7-12,15,18-21,23-24H,13-14,16-17,22H2,1-6H3. The molecule has 0 saturated carbocycles. The molecule has 15 heteroatoms. The number of rotatable bonds is 10. The predicted molar refractivity (Wildman–Crippen MR) is 195 cm³/mol. The van der Waals surface area contributed by atoms with Gasteiger partial charge in [-0.25, -0.2) is 31.7 Å². The monoisotopic (exact) mass is 752 g/mol. The zero-order valence-electron chi connectivity index (χ0n) is 29.8. The topological polar surface area (TPSA) is 133 Å². The summed E-state index contributed by atoms with van der Waals surface area (Å²) >= 11 is 1.10. The lowest BCUT2D eigenvalue weighted by atomic mass is 9.84. The van der Waals surface area contributed by atoms with Crippen molar-refractivity contribution in [3.63, 3.8) is 0 Å². The van der Waals surface area contributed by atoms with Crippen molar-refractivity contribution in [1.29, 1.82) is 0 Å².